The summed E-state index contributed by atoms with van der Waals surface area (Å²) in [6.07, 6.45) is 0. The Labute approximate surface area is 136 Å². The van der Waals surface area contributed by atoms with E-state index in [0.717, 1.165) is 12.1 Å². The predicted molar refractivity (Wildman–Crippen MR) is 82.8 cm³/mol. The third-order valence-corrected chi connectivity index (χ3v) is 3.63. The van der Waals surface area contributed by atoms with Crippen LogP contribution in [0.4, 0.5) is 10.1 Å². The van der Waals surface area contributed by atoms with Gasteiger partial charge in [0.2, 0.25) is 5.79 Å². The first-order valence-corrected chi connectivity index (χ1v) is 6.81. The molecule has 0 aliphatic rings. The molecule has 0 radical (unpaired) electrons. The lowest BCUT2D eigenvalue weighted by Gasteiger charge is -2.31. The van der Waals surface area contributed by atoms with Crippen LogP contribution in [0.25, 0.3) is 0 Å². The molecule has 2 N–H and O–H groups in total. The number of nitrogens with zero attached hydrogens (tertiary/aromatic N) is 1. The van der Waals surface area contributed by atoms with Gasteiger partial charge in [-0.3, -0.25) is 14.9 Å². The lowest BCUT2D eigenvalue weighted by molar-refractivity contribution is -0.388. The van der Waals surface area contributed by atoms with Crippen LogP contribution in [0, 0.1) is 15.9 Å². The minimum absolute atomic E-state index is 0.189. The molecular formula is C16H15FN2O5. The molecule has 0 saturated heterocycles. The van der Waals surface area contributed by atoms with Gasteiger partial charge < -0.3 is 15.2 Å². The smallest absolute Gasteiger partial charge is 0.279 e. The van der Waals surface area contributed by atoms with Gasteiger partial charge in [0.05, 0.1) is 16.1 Å². The topological polar surface area (TPSA) is 105 Å². The molecule has 8 heteroatoms. The van der Waals surface area contributed by atoms with Gasteiger partial charge in [-0.05, 0) is 6.07 Å². The Bertz CT molecular complexity index is 776. The zero-order valence-electron chi connectivity index (χ0n) is 13.0. The van der Waals surface area contributed by atoms with E-state index in [2.05, 4.69) is 0 Å². The minimum Gasteiger partial charge on any atom is -0.366 e. The lowest BCUT2D eigenvalue weighted by atomic mass is 9.94. The number of benzene rings is 2. The summed E-state index contributed by atoms with van der Waals surface area (Å²) in [6, 6.07) is 9.96. The van der Waals surface area contributed by atoms with Gasteiger partial charge in [0, 0.05) is 25.8 Å². The highest BCUT2D eigenvalue weighted by atomic mass is 19.1. The van der Waals surface area contributed by atoms with E-state index in [0.29, 0.717) is 5.56 Å². The van der Waals surface area contributed by atoms with E-state index in [1.165, 1.54) is 14.2 Å². The van der Waals surface area contributed by atoms with Crippen molar-refractivity contribution >= 4 is 11.6 Å². The van der Waals surface area contributed by atoms with Gasteiger partial charge in [-0.2, -0.15) is 0 Å². The Kier molecular flexibility index (Phi) is 4.91. The highest BCUT2D eigenvalue weighted by Crippen LogP contribution is 2.40. The van der Waals surface area contributed by atoms with Gasteiger partial charge in [-0.1, -0.05) is 30.3 Å². The van der Waals surface area contributed by atoms with Crippen LogP contribution in [0.5, 0.6) is 0 Å². The molecule has 0 spiro atoms. The number of primary amides is 1. The second-order valence-corrected chi connectivity index (χ2v) is 4.86. The van der Waals surface area contributed by atoms with Gasteiger partial charge in [0.25, 0.3) is 11.6 Å². The molecule has 2 aromatic rings. The van der Waals surface area contributed by atoms with Gasteiger partial charge in [0.15, 0.2) is 0 Å². The quantitative estimate of drug-likeness (QED) is 0.496. The number of ether oxygens (including phenoxy) is 2. The van der Waals surface area contributed by atoms with Crippen molar-refractivity contribution in [2.45, 2.75) is 5.79 Å². The Morgan fingerprint density at radius 1 is 1.21 bits per heavy atom. The zero-order chi connectivity index (χ0) is 17.9. The van der Waals surface area contributed by atoms with E-state index in [9.17, 15) is 19.3 Å². The fourth-order valence-corrected chi connectivity index (χ4v) is 2.52. The molecule has 0 aliphatic carbocycles. The molecule has 0 saturated carbocycles. The summed E-state index contributed by atoms with van der Waals surface area (Å²) in [4.78, 5) is 21.9. The van der Waals surface area contributed by atoms with Crippen molar-refractivity contribution in [2.75, 3.05) is 14.2 Å². The number of nitro benzene ring substituents is 1. The zero-order valence-corrected chi connectivity index (χ0v) is 13.0. The Hall–Kier alpha value is -2.84. The molecule has 0 bridgehead atoms. The van der Waals surface area contributed by atoms with Crippen molar-refractivity contribution in [3.05, 3.63) is 75.1 Å². The second-order valence-electron chi connectivity index (χ2n) is 4.86. The van der Waals surface area contributed by atoms with Gasteiger partial charge in [0.1, 0.15) is 5.82 Å². The van der Waals surface area contributed by atoms with Crippen LogP contribution in [-0.4, -0.2) is 25.1 Å². The van der Waals surface area contributed by atoms with E-state index < -0.39 is 33.7 Å². The number of hydrogen-bond donors (Lipinski definition) is 1. The van der Waals surface area contributed by atoms with Crippen molar-refractivity contribution < 1.29 is 23.6 Å². The molecule has 0 unspecified atom stereocenters. The van der Waals surface area contributed by atoms with Crippen LogP contribution < -0.4 is 5.73 Å². The maximum Gasteiger partial charge on any atom is 0.279 e. The normalized spacial score (nSPS) is 11.3. The summed E-state index contributed by atoms with van der Waals surface area (Å²) >= 11 is 0. The molecule has 126 valence electrons. The van der Waals surface area contributed by atoms with E-state index in [4.69, 9.17) is 15.2 Å². The van der Waals surface area contributed by atoms with Crippen LogP contribution in [0.1, 0.15) is 21.5 Å². The van der Waals surface area contributed by atoms with Crippen LogP contribution in [0.2, 0.25) is 0 Å². The molecule has 0 heterocycles. The third kappa shape index (κ3) is 2.84. The summed E-state index contributed by atoms with van der Waals surface area (Å²) in [5.74, 6) is -3.83. The summed E-state index contributed by atoms with van der Waals surface area (Å²) < 4.78 is 25.0. The number of carbonyl (C=O) groups is 1. The Morgan fingerprint density at radius 3 is 2.25 bits per heavy atom. The standard InChI is InChI=1S/C16H15FN2O5/c1-23-16(24-2,10-6-4-3-5-7-10)12-9-13(17)11(15(18)20)8-14(12)19(21)22/h3-9H,1-2H3,(H2,18,20). The summed E-state index contributed by atoms with van der Waals surface area (Å²) in [6.45, 7) is 0. The van der Waals surface area contributed by atoms with E-state index in [1.54, 1.807) is 30.3 Å². The fourth-order valence-electron chi connectivity index (χ4n) is 2.52. The first kappa shape index (κ1) is 17.5. The highest BCUT2D eigenvalue weighted by molar-refractivity contribution is 5.94. The van der Waals surface area contributed by atoms with Crippen LogP contribution in [0.15, 0.2) is 42.5 Å². The first-order chi connectivity index (χ1) is 11.4. The molecule has 1 amide bonds. The Balaban J connectivity index is 2.82. The lowest BCUT2D eigenvalue weighted by Crippen LogP contribution is -2.33. The van der Waals surface area contributed by atoms with Crippen LogP contribution >= 0.6 is 0 Å². The predicted octanol–water partition coefficient (Wildman–Crippen LogP) is 2.33. The maximum atomic E-state index is 14.2. The fraction of sp³-hybridized carbons (Fsp3) is 0.188. The largest absolute Gasteiger partial charge is 0.366 e. The number of nitro groups is 1. The van der Waals surface area contributed by atoms with Gasteiger partial charge in [-0.25, -0.2) is 4.39 Å². The molecular weight excluding hydrogens is 319 g/mol. The van der Waals surface area contributed by atoms with Crippen LogP contribution in [0.3, 0.4) is 0 Å². The summed E-state index contributed by atoms with van der Waals surface area (Å²) in [5, 5.41) is 11.4. The van der Waals surface area contributed by atoms with Gasteiger partial charge >= 0.3 is 0 Å². The van der Waals surface area contributed by atoms with Gasteiger partial charge in [-0.15, -0.1) is 0 Å². The number of rotatable bonds is 6. The molecule has 2 aromatic carbocycles. The highest BCUT2D eigenvalue weighted by Gasteiger charge is 2.41. The van der Waals surface area contributed by atoms with E-state index in [-0.39, 0.29) is 5.56 Å². The molecule has 0 aromatic heterocycles. The Morgan fingerprint density at radius 2 is 1.79 bits per heavy atom. The van der Waals surface area contributed by atoms with Crippen molar-refractivity contribution in [2.24, 2.45) is 5.73 Å². The number of amides is 1. The van der Waals surface area contributed by atoms with Crippen molar-refractivity contribution in [3.63, 3.8) is 0 Å². The molecule has 0 atom stereocenters. The van der Waals surface area contributed by atoms with Crippen molar-refractivity contribution in [1.29, 1.82) is 0 Å². The van der Waals surface area contributed by atoms with E-state index in [1.807, 2.05) is 0 Å². The number of nitrogens with two attached hydrogens (primary N) is 1. The minimum atomic E-state index is -1.72. The van der Waals surface area contributed by atoms with Crippen molar-refractivity contribution in [1.82, 2.24) is 0 Å². The first-order valence-electron chi connectivity index (χ1n) is 6.81. The average molecular weight is 334 g/mol. The third-order valence-electron chi connectivity index (χ3n) is 3.63. The van der Waals surface area contributed by atoms with Crippen molar-refractivity contribution in [3.8, 4) is 0 Å². The number of hydrogen-bond acceptors (Lipinski definition) is 5. The summed E-state index contributed by atoms with van der Waals surface area (Å²) in [5.41, 5.74) is 4.16. The molecule has 0 fully saturated rings. The maximum absolute atomic E-state index is 14.2. The SMILES string of the molecule is COC(OC)(c1ccccc1)c1cc(F)c(C(N)=O)cc1[N+](=O)[O-]. The monoisotopic (exact) mass is 334 g/mol. The average Bonchev–Trinajstić information content (AvgIpc) is 2.57. The van der Waals surface area contributed by atoms with Crippen LogP contribution in [-0.2, 0) is 15.3 Å². The number of methoxy groups -OCH3 is 2. The molecule has 24 heavy (non-hydrogen) atoms. The molecule has 7 nitrogen and oxygen atoms in total. The number of halogens is 1. The molecule has 2 rings (SSSR count). The summed E-state index contributed by atoms with van der Waals surface area (Å²) in [7, 11) is 2.56. The van der Waals surface area contributed by atoms with E-state index >= 15 is 0 Å². The second kappa shape index (κ2) is 6.73. The molecule has 0 aliphatic heterocycles. The number of carbonyl (C=O) groups excluding carboxylic acids is 1.